The number of benzene rings is 2. The summed E-state index contributed by atoms with van der Waals surface area (Å²) in [6.07, 6.45) is 1.69. The summed E-state index contributed by atoms with van der Waals surface area (Å²) in [6, 6.07) is 13.8. The van der Waals surface area contributed by atoms with Crippen LogP contribution in [0.4, 0.5) is 5.82 Å². The highest BCUT2D eigenvalue weighted by Gasteiger charge is 2.04. The Morgan fingerprint density at radius 3 is 2.60 bits per heavy atom. The molecule has 3 rings (SSSR count). The lowest BCUT2D eigenvalue weighted by atomic mass is 10.1. The summed E-state index contributed by atoms with van der Waals surface area (Å²) in [4.78, 5) is 4.60. The van der Waals surface area contributed by atoms with Gasteiger partial charge in [0.15, 0.2) is 0 Å². The van der Waals surface area contributed by atoms with E-state index in [0.717, 1.165) is 33.5 Å². The first-order valence-corrected chi connectivity index (χ1v) is 8.00. The molecular weight excluding hydrogens is 314 g/mol. The Morgan fingerprint density at radius 2 is 1.84 bits per heavy atom. The molecule has 0 saturated carbocycles. The second-order valence-electron chi connectivity index (χ2n) is 5.82. The second-order valence-corrected chi connectivity index (χ2v) is 5.82. The minimum Gasteiger partial charge on any atom is -0.497 e. The average molecular weight is 335 g/mol. The third kappa shape index (κ3) is 3.71. The fourth-order valence-corrected chi connectivity index (χ4v) is 2.67. The first-order chi connectivity index (χ1) is 12.1. The van der Waals surface area contributed by atoms with Crippen LogP contribution in [0.25, 0.3) is 10.9 Å². The molecule has 0 radical (unpaired) electrons. The van der Waals surface area contributed by atoms with Crippen molar-refractivity contribution in [2.75, 3.05) is 19.6 Å². The molecule has 0 atom stereocenters. The monoisotopic (exact) mass is 335 g/mol. The summed E-state index contributed by atoms with van der Waals surface area (Å²) in [7, 11) is 3.26. The zero-order valence-corrected chi connectivity index (χ0v) is 14.8. The van der Waals surface area contributed by atoms with E-state index in [-0.39, 0.29) is 0 Å². The summed E-state index contributed by atoms with van der Waals surface area (Å²) in [5, 5.41) is 5.44. The first-order valence-electron chi connectivity index (χ1n) is 8.00. The zero-order valence-electron chi connectivity index (χ0n) is 14.8. The van der Waals surface area contributed by atoms with Crippen LogP contribution in [0, 0.1) is 13.8 Å². The lowest BCUT2D eigenvalue weighted by molar-refractivity contribution is 0.402. The number of pyridine rings is 1. The number of ether oxygens (including phenoxy) is 2. The van der Waals surface area contributed by atoms with Gasteiger partial charge in [0, 0.05) is 10.9 Å². The van der Waals surface area contributed by atoms with Gasteiger partial charge in [-0.3, -0.25) is 5.43 Å². The van der Waals surface area contributed by atoms with Gasteiger partial charge in [-0.1, -0.05) is 11.6 Å². The van der Waals surface area contributed by atoms with Gasteiger partial charge in [0.1, 0.15) is 17.3 Å². The van der Waals surface area contributed by atoms with Crippen LogP contribution in [0.2, 0.25) is 0 Å². The number of aryl methyl sites for hydroxylation is 2. The lowest BCUT2D eigenvalue weighted by Crippen LogP contribution is -1.97. The fraction of sp³-hybridized carbons (Fsp3) is 0.200. The van der Waals surface area contributed by atoms with Crippen molar-refractivity contribution < 1.29 is 9.47 Å². The molecule has 1 N–H and O–H groups in total. The number of nitrogens with zero attached hydrogens (tertiary/aromatic N) is 2. The predicted octanol–water partition coefficient (Wildman–Crippen LogP) is 4.31. The molecule has 5 heteroatoms. The molecule has 0 fully saturated rings. The van der Waals surface area contributed by atoms with E-state index in [4.69, 9.17) is 9.47 Å². The van der Waals surface area contributed by atoms with Crippen LogP contribution in [0.5, 0.6) is 11.5 Å². The van der Waals surface area contributed by atoms with Crippen molar-refractivity contribution in [3.63, 3.8) is 0 Å². The summed E-state index contributed by atoms with van der Waals surface area (Å²) < 4.78 is 10.6. The maximum atomic E-state index is 5.35. The van der Waals surface area contributed by atoms with E-state index in [9.17, 15) is 0 Å². The second kappa shape index (κ2) is 7.21. The quantitative estimate of drug-likeness (QED) is 0.557. The van der Waals surface area contributed by atoms with Crippen LogP contribution in [0.1, 0.15) is 16.7 Å². The van der Waals surface area contributed by atoms with Gasteiger partial charge < -0.3 is 9.47 Å². The topological polar surface area (TPSA) is 55.7 Å². The molecule has 128 valence electrons. The van der Waals surface area contributed by atoms with E-state index in [2.05, 4.69) is 41.5 Å². The number of fused-ring (bicyclic) bond motifs is 1. The number of anilines is 1. The summed E-state index contributed by atoms with van der Waals surface area (Å²) in [5.74, 6) is 2.17. The van der Waals surface area contributed by atoms with Crippen molar-refractivity contribution in [2.45, 2.75) is 13.8 Å². The van der Waals surface area contributed by atoms with E-state index >= 15 is 0 Å². The number of aromatic nitrogens is 1. The van der Waals surface area contributed by atoms with Gasteiger partial charge in [-0.05, 0) is 55.8 Å². The Balaban J connectivity index is 1.85. The van der Waals surface area contributed by atoms with Crippen LogP contribution in [-0.4, -0.2) is 25.4 Å². The van der Waals surface area contributed by atoms with E-state index in [1.165, 1.54) is 5.56 Å². The Hall–Kier alpha value is -3.08. The number of rotatable bonds is 5. The highest BCUT2D eigenvalue weighted by Crippen LogP contribution is 2.23. The molecule has 0 amide bonds. The molecule has 0 spiro atoms. The number of methoxy groups -OCH3 is 2. The molecule has 25 heavy (non-hydrogen) atoms. The van der Waals surface area contributed by atoms with E-state index in [0.29, 0.717) is 5.82 Å². The predicted molar refractivity (Wildman–Crippen MR) is 102 cm³/mol. The van der Waals surface area contributed by atoms with Crippen LogP contribution in [0.15, 0.2) is 47.6 Å². The Bertz CT molecular complexity index is 936. The van der Waals surface area contributed by atoms with Gasteiger partial charge in [-0.2, -0.15) is 5.10 Å². The molecule has 0 aliphatic rings. The van der Waals surface area contributed by atoms with Crippen molar-refractivity contribution in [1.29, 1.82) is 0 Å². The van der Waals surface area contributed by atoms with E-state index in [1.54, 1.807) is 20.4 Å². The van der Waals surface area contributed by atoms with Crippen LogP contribution < -0.4 is 14.9 Å². The van der Waals surface area contributed by atoms with Gasteiger partial charge in [-0.25, -0.2) is 4.98 Å². The molecule has 1 heterocycles. The number of hydrazone groups is 1. The van der Waals surface area contributed by atoms with Gasteiger partial charge in [0.05, 0.1) is 26.0 Å². The molecule has 2 aromatic carbocycles. The van der Waals surface area contributed by atoms with Gasteiger partial charge in [0.25, 0.3) is 0 Å². The first kappa shape index (κ1) is 16.8. The molecule has 1 aromatic heterocycles. The van der Waals surface area contributed by atoms with Crippen molar-refractivity contribution in [3.05, 3.63) is 59.2 Å². The molecular formula is C20H21N3O2. The lowest BCUT2D eigenvalue weighted by Gasteiger charge is -2.08. The Labute approximate surface area is 147 Å². The summed E-state index contributed by atoms with van der Waals surface area (Å²) >= 11 is 0. The van der Waals surface area contributed by atoms with Crippen LogP contribution >= 0.6 is 0 Å². The smallest absolute Gasteiger partial charge is 0.147 e. The fourth-order valence-electron chi connectivity index (χ4n) is 2.67. The number of nitrogens with one attached hydrogen (secondary N) is 1. The standard InChI is InChI=1S/C20H21N3O2/c1-13-5-7-18-17(9-13)14(2)10-20(22-18)23-21-12-15-11-16(24-3)6-8-19(15)25-4/h5-12H,1-4H3,(H,22,23)/b21-12-. The SMILES string of the molecule is COc1ccc(OC)c(/C=N\Nc2cc(C)c3cc(C)ccc3n2)c1. The van der Waals surface area contributed by atoms with Gasteiger partial charge >= 0.3 is 0 Å². The third-order valence-corrected chi connectivity index (χ3v) is 3.99. The molecule has 5 nitrogen and oxygen atoms in total. The van der Waals surface area contributed by atoms with Crippen LogP contribution in [0.3, 0.4) is 0 Å². The molecule has 0 aliphatic heterocycles. The minimum atomic E-state index is 0.701. The number of hydrogen-bond acceptors (Lipinski definition) is 5. The maximum Gasteiger partial charge on any atom is 0.147 e. The summed E-state index contributed by atoms with van der Waals surface area (Å²) in [6.45, 7) is 4.15. The van der Waals surface area contributed by atoms with Gasteiger partial charge in [0.2, 0.25) is 0 Å². The molecule has 0 aliphatic carbocycles. The highest BCUT2D eigenvalue weighted by molar-refractivity contribution is 5.86. The molecule has 0 bridgehead atoms. The molecule has 0 saturated heterocycles. The zero-order chi connectivity index (χ0) is 17.8. The Kier molecular flexibility index (Phi) is 4.84. The van der Waals surface area contributed by atoms with Crippen molar-refractivity contribution in [1.82, 2.24) is 4.98 Å². The van der Waals surface area contributed by atoms with E-state index < -0.39 is 0 Å². The van der Waals surface area contributed by atoms with Crippen molar-refractivity contribution in [3.8, 4) is 11.5 Å². The van der Waals surface area contributed by atoms with Gasteiger partial charge in [-0.15, -0.1) is 0 Å². The maximum absolute atomic E-state index is 5.35. The summed E-state index contributed by atoms with van der Waals surface area (Å²) in [5.41, 5.74) is 7.14. The minimum absolute atomic E-state index is 0.701. The molecule has 3 aromatic rings. The third-order valence-electron chi connectivity index (χ3n) is 3.99. The normalized spacial score (nSPS) is 11.0. The van der Waals surface area contributed by atoms with Crippen molar-refractivity contribution in [2.24, 2.45) is 5.10 Å². The van der Waals surface area contributed by atoms with E-state index in [1.807, 2.05) is 30.3 Å². The van der Waals surface area contributed by atoms with Crippen molar-refractivity contribution >= 4 is 22.9 Å². The average Bonchev–Trinajstić information content (AvgIpc) is 2.62. The Morgan fingerprint density at radius 1 is 1.00 bits per heavy atom. The highest BCUT2D eigenvalue weighted by atomic mass is 16.5. The number of hydrogen-bond donors (Lipinski definition) is 1. The largest absolute Gasteiger partial charge is 0.497 e. The van der Waals surface area contributed by atoms with Crippen LogP contribution in [-0.2, 0) is 0 Å². The molecule has 0 unspecified atom stereocenters.